The molecule has 0 saturated heterocycles. The molecule has 1 N–H and O–H groups in total. The summed E-state index contributed by atoms with van der Waals surface area (Å²) in [6.45, 7) is 1.69. The minimum atomic E-state index is -4.63. The summed E-state index contributed by atoms with van der Waals surface area (Å²) in [5.41, 5.74) is -0.0554. The third-order valence-electron chi connectivity index (χ3n) is 2.90. The first kappa shape index (κ1) is 16.8. The maximum atomic E-state index is 12.8. The third kappa shape index (κ3) is 3.80. The minimum absolute atomic E-state index is 0.0347. The van der Waals surface area contributed by atoms with Crippen molar-refractivity contribution in [2.24, 2.45) is 0 Å². The van der Waals surface area contributed by atoms with Gasteiger partial charge in [0.2, 0.25) is 0 Å². The van der Waals surface area contributed by atoms with E-state index in [0.717, 1.165) is 12.1 Å². The summed E-state index contributed by atoms with van der Waals surface area (Å²) < 4.78 is 65.3. The van der Waals surface area contributed by atoms with Gasteiger partial charge >= 0.3 is 6.18 Å². The third-order valence-corrected chi connectivity index (χ3v) is 4.70. The Kier molecular flexibility index (Phi) is 4.53. The molecule has 0 spiro atoms. The molecule has 0 amide bonds. The normalized spacial score (nSPS) is 12.2. The molecular formula is C14H11BrF3NO2S. The highest BCUT2D eigenvalue weighted by Gasteiger charge is 2.32. The summed E-state index contributed by atoms with van der Waals surface area (Å²) in [4.78, 5) is -0.461. The average Bonchev–Trinajstić information content (AvgIpc) is 2.39. The van der Waals surface area contributed by atoms with Crippen LogP contribution in [-0.2, 0) is 16.2 Å². The highest BCUT2D eigenvalue weighted by Crippen LogP contribution is 2.33. The van der Waals surface area contributed by atoms with E-state index in [1.807, 2.05) is 0 Å². The standard InChI is InChI=1S/C14H11BrF3NO2S/c1-9-4-2-3-5-13(9)19-22(20,21)12-7-10(14(16,17)18)6-11(15)8-12/h2-8,19H,1H3. The van der Waals surface area contributed by atoms with Gasteiger partial charge in [0.1, 0.15) is 0 Å². The van der Waals surface area contributed by atoms with Gasteiger partial charge in [0.05, 0.1) is 16.1 Å². The van der Waals surface area contributed by atoms with E-state index in [4.69, 9.17) is 0 Å². The molecule has 0 aliphatic carbocycles. The first-order valence-corrected chi connectivity index (χ1v) is 8.33. The molecule has 0 aromatic heterocycles. The first-order valence-electron chi connectivity index (χ1n) is 6.06. The van der Waals surface area contributed by atoms with Crippen LogP contribution in [0, 0.1) is 6.92 Å². The average molecular weight is 394 g/mol. The predicted molar refractivity (Wildman–Crippen MR) is 81.1 cm³/mol. The van der Waals surface area contributed by atoms with Crippen molar-refractivity contribution in [3.63, 3.8) is 0 Å². The zero-order chi connectivity index (χ0) is 16.5. The molecule has 0 bridgehead atoms. The number of nitrogens with one attached hydrogen (secondary N) is 1. The summed E-state index contributed by atoms with van der Waals surface area (Å²) in [5, 5.41) is 0. The van der Waals surface area contributed by atoms with E-state index in [0.29, 0.717) is 17.3 Å². The Morgan fingerprint density at radius 2 is 1.73 bits per heavy atom. The van der Waals surface area contributed by atoms with Crippen LogP contribution in [0.1, 0.15) is 11.1 Å². The van der Waals surface area contributed by atoms with Gasteiger partial charge in [-0.3, -0.25) is 4.72 Å². The number of aryl methyl sites for hydroxylation is 1. The summed E-state index contributed by atoms with van der Waals surface area (Å²) in [5.74, 6) is 0. The number of alkyl halides is 3. The molecule has 2 aromatic carbocycles. The lowest BCUT2D eigenvalue weighted by molar-refractivity contribution is -0.137. The van der Waals surface area contributed by atoms with Gasteiger partial charge in [-0.05, 0) is 36.8 Å². The van der Waals surface area contributed by atoms with E-state index in [9.17, 15) is 21.6 Å². The van der Waals surface area contributed by atoms with Crippen molar-refractivity contribution >= 4 is 31.6 Å². The van der Waals surface area contributed by atoms with Gasteiger partial charge in [-0.15, -0.1) is 0 Å². The molecule has 8 heteroatoms. The number of halogens is 4. The Morgan fingerprint density at radius 1 is 1.09 bits per heavy atom. The number of anilines is 1. The van der Waals surface area contributed by atoms with Crippen LogP contribution >= 0.6 is 15.9 Å². The minimum Gasteiger partial charge on any atom is -0.279 e. The van der Waals surface area contributed by atoms with Crippen molar-refractivity contribution in [2.75, 3.05) is 4.72 Å². The quantitative estimate of drug-likeness (QED) is 0.829. The lowest BCUT2D eigenvalue weighted by atomic mass is 10.2. The highest BCUT2D eigenvalue weighted by molar-refractivity contribution is 9.10. The molecular weight excluding hydrogens is 383 g/mol. The van der Waals surface area contributed by atoms with Gasteiger partial charge in [0.25, 0.3) is 10.0 Å². The number of rotatable bonds is 3. The van der Waals surface area contributed by atoms with Gasteiger partial charge in [0.15, 0.2) is 0 Å². The number of para-hydroxylation sites is 1. The van der Waals surface area contributed by atoms with Crippen molar-refractivity contribution in [3.8, 4) is 0 Å². The van der Waals surface area contributed by atoms with Crippen molar-refractivity contribution in [1.82, 2.24) is 0 Å². The fourth-order valence-corrected chi connectivity index (χ4v) is 3.62. The topological polar surface area (TPSA) is 46.2 Å². The second-order valence-electron chi connectivity index (χ2n) is 4.59. The van der Waals surface area contributed by atoms with E-state index in [2.05, 4.69) is 20.7 Å². The molecule has 3 nitrogen and oxygen atoms in total. The summed E-state index contributed by atoms with van der Waals surface area (Å²) in [6.07, 6.45) is -4.63. The number of hydrogen-bond donors (Lipinski definition) is 1. The molecule has 2 aromatic rings. The number of benzene rings is 2. The molecule has 0 saturated carbocycles. The fraction of sp³-hybridized carbons (Fsp3) is 0.143. The van der Waals surface area contributed by atoms with Crippen LogP contribution in [0.3, 0.4) is 0 Å². The molecule has 0 aliphatic heterocycles. The monoisotopic (exact) mass is 393 g/mol. The summed E-state index contributed by atoms with van der Waals surface area (Å²) in [6, 6.07) is 9.14. The van der Waals surface area contributed by atoms with E-state index < -0.39 is 26.7 Å². The predicted octanol–water partition coefficient (Wildman–Crippen LogP) is 4.58. The lowest BCUT2D eigenvalue weighted by Gasteiger charge is -2.13. The summed E-state index contributed by atoms with van der Waals surface area (Å²) in [7, 11) is -4.12. The Morgan fingerprint density at radius 3 is 2.32 bits per heavy atom. The van der Waals surface area contributed by atoms with Crippen LogP contribution < -0.4 is 4.72 Å². The molecule has 0 aliphatic rings. The van der Waals surface area contributed by atoms with Crippen molar-refractivity contribution in [1.29, 1.82) is 0 Å². The molecule has 2 rings (SSSR count). The maximum absolute atomic E-state index is 12.8. The van der Waals surface area contributed by atoms with Gasteiger partial charge in [-0.2, -0.15) is 13.2 Å². The SMILES string of the molecule is Cc1ccccc1NS(=O)(=O)c1cc(Br)cc(C(F)(F)F)c1. The molecule has 22 heavy (non-hydrogen) atoms. The Labute approximate surface area is 134 Å². The lowest BCUT2D eigenvalue weighted by Crippen LogP contribution is -2.15. The molecule has 118 valence electrons. The largest absolute Gasteiger partial charge is 0.416 e. The first-order chi connectivity index (χ1) is 10.1. The van der Waals surface area contributed by atoms with Gasteiger partial charge in [-0.1, -0.05) is 34.1 Å². The Balaban J connectivity index is 2.46. The van der Waals surface area contributed by atoms with Gasteiger partial charge in [-0.25, -0.2) is 8.42 Å². The number of hydrogen-bond acceptors (Lipinski definition) is 2. The zero-order valence-electron chi connectivity index (χ0n) is 11.3. The summed E-state index contributed by atoms with van der Waals surface area (Å²) >= 11 is 2.91. The molecule has 0 unspecified atom stereocenters. The van der Waals surface area contributed by atoms with Gasteiger partial charge in [0, 0.05) is 4.47 Å². The van der Waals surface area contributed by atoms with E-state index in [1.54, 1.807) is 25.1 Å². The van der Waals surface area contributed by atoms with Crippen LogP contribution in [0.2, 0.25) is 0 Å². The molecule has 0 atom stereocenters. The Hall–Kier alpha value is -1.54. The van der Waals surface area contributed by atoms with Crippen LogP contribution in [0.5, 0.6) is 0 Å². The Bertz CT molecular complexity index is 804. The highest BCUT2D eigenvalue weighted by atomic mass is 79.9. The number of sulfonamides is 1. The van der Waals surface area contributed by atoms with Crippen molar-refractivity contribution in [3.05, 3.63) is 58.1 Å². The second-order valence-corrected chi connectivity index (χ2v) is 7.19. The van der Waals surface area contributed by atoms with E-state index >= 15 is 0 Å². The van der Waals surface area contributed by atoms with Crippen LogP contribution in [-0.4, -0.2) is 8.42 Å². The molecule has 0 fully saturated rings. The zero-order valence-corrected chi connectivity index (χ0v) is 13.7. The second kappa shape index (κ2) is 5.92. The fourth-order valence-electron chi connectivity index (χ4n) is 1.77. The van der Waals surface area contributed by atoms with Crippen LogP contribution in [0.25, 0.3) is 0 Å². The van der Waals surface area contributed by atoms with E-state index in [1.165, 1.54) is 6.07 Å². The van der Waals surface area contributed by atoms with Crippen LogP contribution in [0.4, 0.5) is 18.9 Å². The maximum Gasteiger partial charge on any atom is 0.416 e. The van der Waals surface area contributed by atoms with E-state index in [-0.39, 0.29) is 4.47 Å². The molecule has 0 heterocycles. The van der Waals surface area contributed by atoms with Crippen molar-refractivity contribution < 1.29 is 21.6 Å². The smallest absolute Gasteiger partial charge is 0.279 e. The van der Waals surface area contributed by atoms with Crippen molar-refractivity contribution in [2.45, 2.75) is 18.0 Å². The molecule has 0 radical (unpaired) electrons. The van der Waals surface area contributed by atoms with Gasteiger partial charge < -0.3 is 0 Å². The van der Waals surface area contributed by atoms with Crippen LogP contribution in [0.15, 0.2) is 51.8 Å².